The van der Waals surface area contributed by atoms with Gasteiger partial charge in [0.1, 0.15) is 0 Å². The first-order chi connectivity index (χ1) is 10.0. The van der Waals surface area contributed by atoms with Crippen molar-refractivity contribution in [3.63, 3.8) is 0 Å². The fourth-order valence-corrected chi connectivity index (χ4v) is 3.04. The van der Waals surface area contributed by atoms with Crippen LogP contribution in [-0.4, -0.2) is 24.5 Å². The van der Waals surface area contributed by atoms with Crippen LogP contribution >= 0.6 is 0 Å². The largest absolute Gasteiger partial charge is 0.336 e. The van der Waals surface area contributed by atoms with Crippen molar-refractivity contribution in [1.82, 2.24) is 14.3 Å². The van der Waals surface area contributed by atoms with E-state index in [9.17, 15) is 8.42 Å². The number of rotatable bonds is 7. The van der Waals surface area contributed by atoms with Crippen LogP contribution < -0.4 is 10.5 Å². The maximum Gasteiger partial charge on any atom is 0.240 e. The van der Waals surface area contributed by atoms with Crippen molar-refractivity contribution in [2.45, 2.75) is 30.8 Å². The van der Waals surface area contributed by atoms with Gasteiger partial charge in [-0.05, 0) is 24.1 Å². The van der Waals surface area contributed by atoms with Crippen molar-refractivity contribution in [2.75, 3.05) is 6.54 Å². The first-order valence-corrected chi connectivity index (χ1v) is 8.32. The van der Waals surface area contributed by atoms with E-state index in [-0.39, 0.29) is 10.9 Å². The zero-order valence-corrected chi connectivity index (χ0v) is 12.8. The molecule has 1 unspecified atom stereocenters. The van der Waals surface area contributed by atoms with Crippen LogP contribution in [0.15, 0.2) is 47.9 Å². The summed E-state index contributed by atoms with van der Waals surface area (Å²) in [6.45, 7) is 2.81. The Labute approximate surface area is 125 Å². The number of benzene rings is 1. The molecule has 0 amide bonds. The lowest BCUT2D eigenvalue weighted by Gasteiger charge is -2.12. The van der Waals surface area contributed by atoms with E-state index >= 15 is 0 Å². The van der Waals surface area contributed by atoms with Crippen LogP contribution in [0.5, 0.6) is 0 Å². The molecule has 6 nitrogen and oxygen atoms in total. The van der Waals surface area contributed by atoms with E-state index in [1.807, 2.05) is 17.6 Å². The zero-order chi connectivity index (χ0) is 15.3. The molecule has 1 aromatic heterocycles. The maximum absolute atomic E-state index is 12.2. The normalized spacial score (nSPS) is 13.2. The number of nitrogens with two attached hydrogens (primary N) is 1. The van der Waals surface area contributed by atoms with E-state index < -0.39 is 10.0 Å². The second-order valence-corrected chi connectivity index (χ2v) is 6.55. The van der Waals surface area contributed by atoms with E-state index in [0.717, 1.165) is 12.0 Å². The number of nitrogens with one attached hydrogen (secondary N) is 1. The Balaban J connectivity index is 2.05. The molecule has 0 aliphatic carbocycles. The zero-order valence-electron chi connectivity index (χ0n) is 11.9. The van der Waals surface area contributed by atoms with Gasteiger partial charge in [-0.15, -0.1) is 0 Å². The predicted octanol–water partition coefficient (Wildman–Crippen LogP) is 1.27. The summed E-state index contributed by atoms with van der Waals surface area (Å²) in [5.41, 5.74) is 6.77. The Morgan fingerprint density at radius 3 is 2.90 bits per heavy atom. The Kier molecular flexibility index (Phi) is 5.11. The van der Waals surface area contributed by atoms with E-state index in [1.165, 1.54) is 0 Å². The minimum atomic E-state index is -3.52. The molecule has 0 aliphatic rings. The lowest BCUT2D eigenvalue weighted by atomic mass is 10.1. The van der Waals surface area contributed by atoms with Crippen LogP contribution in [0.2, 0.25) is 0 Å². The summed E-state index contributed by atoms with van der Waals surface area (Å²) in [5.74, 6) is 0. The van der Waals surface area contributed by atoms with E-state index in [2.05, 4.69) is 9.71 Å². The highest BCUT2D eigenvalue weighted by atomic mass is 32.2. The quantitative estimate of drug-likeness (QED) is 0.806. The second-order valence-electron chi connectivity index (χ2n) is 4.79. The van der Waals surface area contributed by atoms with Crippen LogP contribution in [0.1, 0.15) is 24.9 Å². The van der Waals surface area contributed by atoms with Gasteiger partial charge in [0.15, 0.2) is 0 Å². The topological polar surface area (TPSA) is 90.0 Å². The summed E-state index contributed by atoms with van der Waals surface area (Å²) >= 11 is 0. The molecule has 0 saturated carbocycles. The SMILES string of the molecule is CCC(N)c1cccc(S(=O)(=O)NCCn2ccnc2)c1. The standard InChI is InChI=1S/C14H20N4O2S/c1-2-14(15)12-4-3-5-13(10-12)21(19,20)17-7-9-18-8-6-16-11-18/h3-6,8,10-11,14,17H,2,7,9,15H2,1H3. The van der Waals surface area contributed by atoms with Gasteiger partial charge >= 0.3 is 0 Å². The van der Waals surface area contributed by atoms with Crippen molar-refractivity contribution in [2.24, 2.45) is 5.73 Å². The van der Waals surface area contributed by atoms with Crippen molar-refractivity contribution in [1.29, 1.82) is 0 Å². The summed E-state index contributed by atoms with van der Waals surface area (Å²) in [4.78, 5) is 4.15. The van der Waals surface area contributed by atoms with Crippen molar-refractivity contribution < 1.29 is 8.42 Å². The Bertz CT molecular complexity index is 668. The summed E-state index contributed by atoms with van der Waals surface area (Å²) in [6, 6.07) is 6.62. The van der Waals surface area contributed by atoms with Gasteiger partial charge in [0.25, 0.3) is 0 Å². The highest BCUT2D eigenvalue weighted by Crippen LogP contribution is 2.18. The van der Waals surface area contributed by atoms with Crippen molar-refractivity contribution in [3.05, 3.63) is 48.5 Å². The van der Waals surface area contributed by atoms with Gasteiger partial charge in [0.2, 0.25) is 10.0 Å². The van der Waals surface area contributed by atoms with Crippen molar-refractivity contribution in [3.8, 4) is 0 Å². The summed E-state index contributed by atoms with van der Waals surface area (Å²) in [6.07, 6.45) is 5.85. The van der Waals surface area contributed by atoms with Crippen LogP contribution in [0.4, 0.5) is 0 Å². The van der Waals surface area contributed by atoms with Gasteiger partial charge in [0, 0.05) is 31.5 Å². The first-order valence-electron chi connectivity index (χ1n) is 6.84. The molecule has 7 heteroatoms. The second kappa shape index (κ2) is 6.84. The van der Waals surface area contributed by atoms with Crippen LogP contribution in [-0.2, 0) is 16.6 Å². The first kappa shape index (κ1) is 15.7. The molecule has 21 heavy (non-hydrogen) atoms. The summed E-state index contributed by atoms with van der Waals surface area (Å²) in [5, 5.41) is 0. The van der Waals surface area contributed by atoms with Crippen molar-refractivity contribution >= 4 is 10.0 Å². The monoisotopic (exact) mass is 308 g/mol. The molecule has 1 atom stereocenters. The molecule has 0 radical (unpaired) electrons. The highest BCUT2D eigenvalue weighted by Gasteiger charge is 2.15. The van der Waals surface area contributed by atoms with Gasteiger partial charge in [-0.3, -0.25) is 0 Å². The number of aromatic nitrogens is 2. The fraction of sp³-hybridized carbons (Fsp3) is 0.357. The predicted molar refractivity (Wildman–Crippen MR) is 81.1 cm³/mol. The van der Waals surface area contributed by atoms with Gasteiger partial charge < -0.3 is 10.3 Å². The molecule has 1 heterocycles. The molecule has 2 rings (SSSR count). The molecular formula is C14H20N4O2S. The Morgan fingerprint density at radius 1 is 1.43 bits per heavy atom. The van der Waals surface area contributed by atoms with Gasteiger partial charge in [-0.25, -0.2) is 18.1 Å². The lowest BCUT2D eigenvalue weighted by Crippen LogP contribution is -2.27. The van der Waals surface area contributed by atoms with Gasteiger partial charge in [-0.2, -0.15) is 0 Å². The van der Waals surface area contributed by atoms with Gasteiger partial charge in [0.05, 0.1) is 11.2 Å². The maximum atomic E-state index is 12.2. The minimum Gasteiger partial charge on any atom is -0.336 e. The number of hydrogen-bond acceptors (Lipinski definition) is 4. The van der Waals surface area contributed by atoms with Crippen LogP contribution in [0, 0.1) is 0 Å². The van der Waals surface area contributed by atoms with Gasteiger partial charge in [-0.1, -0.05) is 19.1 Å². The molecule has 3 N–H and O–H groups in total. The third-order valence-electron chi connectivity index (χ3n) is 3.26. The molecule has 2 aromatic rings. The van der Waals surface area contributed by atoms with Crippen LogP contribution in [0.3, 0.4) is 0 Å². The summed E-state index contributed by atoms with van der Waals surface area (Å²) in [7, 11) is -3.52. The molecule has 0 aliphatic heterocycles. The van der Waals surface area contributed by atoms with E-state index in [0.29, 0.717) is 13.1 Å². The molecule has 114 valence electrons. The Hall–Kier alpha value is -1.70. The lowest BCUT2D eigenvalue weighted by molar-refractivity contribution is 0.572. The molecular weight excluding hydrogens is 288 g/mol. The number of hydrogen-bond donors (Lipinski definition) is 2. The molecule has 0 saturated heterocycles. The third-order valence-corrected chi connectivity index (χ3v) is 4.72. The number of sulfonamides is 1. The van der Waals surface area contributed by atoms with E-state index in [1.54, 1.807) is 36.9 Å². The third kappa shape index (κ3) is 4.13. The molecule has 1 aromatic carbocycles. The number of nitrogens with zero attached hydrogens (tertiary/aromatic N) is 2. The fourth-order valence-electron chi connectivity index (χ4n) is 1.96. The molecule has 0 bridgehead atoms. The molecule has 0 spiro atoms. The Morgan fingerprint density at radius 2 is 2.24 bits per heavy atom. The summed E-state index contributed by atoms with van der Waals surface area (Å²) < 4.78 is 28.9. The van der Waals surface area contributed by atoms with E-state index in [4.69, 9.17) is 5.73 Å². The highest BCUT2D eigenvalue weighted by molar-refractivity contribution is 7.89. The minimum absolute atomic E-state index is 0.147. The molecule has 0 fully saturated rings. The number of imidazole rings is 1. The average molecular weight is 308 g/mol. The van der Waals surface area contributed by atoms with Crippen LogP contribution in [0.25, 0.3) is 0 Å². The smallest absolute Gasteiger partial charge is 0.240 e. The average Bonchev–Trinajstić information content (AvgIpc) is 2.99.